The number of nitrogens with one attached hydrogen (secondary N) is 1. The average molecular weight is 221 g/mol. The van der Waals surface area contributed by atoms with Crippen LogP contribution in [-0.4, -0.2) is 25.3 Å². The molecule has 3 nitrogen and oxygen atoms in total. The Labute approximate surface area is 96.8 Å². The van der Waals surface area contributed by atoms with Gasteiger partial charge in [-0.25, -0.2) is 0 Å². The van der Waals surface area contributed by atoms with Crippen LogP contribution in [0.1, 0.15) is 20.3 Å². The highest BCUT2D eigenvalue weighted by molar-refractivity contribution is 5.31. The van der Waals surface area contributed by atoms with Crippen LogP contribution in [0.2, 0.25) is 0 Å². The van der Waals surface area contributed by atoms with Crippen molar-refractivity contribution in [3.05, 3.63) is 24.3 Å². The van der Waals surface area contributed by atoms with Gasteiger partial charge >= 0.3 is 0 Å². The number of benzene rings is 1. The van der Waals surface area contributed by atoms with Gasteiger partial charge in [-0.05, 0) is 51.1 Å². The van der Waals surface area contributed by atoms with Crippen molar-refractivity contribution in [1.29, 1.82) is 0 Å². The quantitative estimate of drug-likeness (QED) is 0.845. The first kappa shape index (κ1) is 11.3. The third-order valence-corrected chi connectivity index (χ3v) is 2.51. The van der Waals surface area contributed by atoms with E-state index in [0.29, 0.717) is 6.10 Å². The lowest BCUT2D eigenvalue weighted by Crippen LogP contribution is -2.19. The second-order valence-electron chi connectivity index (χ2n) is 4.37. The fourth-order valence-electron chi connectivity index (χ4n) is 1.79. The summed E-state index contributed by atoms with van der Waals surface area (Å²) in [5.74, 6) is 1.82. The molecule has 0 amide bonds. The molecule has 1 unspecified atom stereocenters. The first-order valence-corrected chi connectivity index (χ1v) is 5.88. The van der Waals surface area contributed by atoms with Crippen LogP contribution < -0.4 is 14.8 Å². The summed E-state index contributed by atoms with van der Waals surface area (Å²) >= 11 is 0. The minimum absolute atomic E-state index is 0.214. The minimum Gasteiger partial charge on any atom is -0.491 e. The van der Waals surface area contributed by atoms with E-state index in [1.54, 1.807) is 0 Å². The van der Waals surface area contributed by atoms with Gasteiger partial charge in [-0.2, -0.15) is 0 Å². The Balaban J connectivity index is 1.90. The van der Waals surface area contributed by atoms with Crippen LogP contribution in [-0.2, 0) is 0 Å². The van der Waals surface area contributed by atoms with Crippen LogP contribution in [0, 0.1) is 0 Å². The fraction of sp³-hybridized carbons (Fsp3) is 0.538. The van der Waals surface area contributed by atoms with Gasteiger partial charge in [-0.3, -0.25) is 0 Å². The number of hydrogen-bond acceptors (Lipinski definition) is 3. The molecule has 1 aromatic rings. The SMILES string of the molecule is CC(C)Oc1ccc(OC2CCNC2)cc1. The van der Waals surface area contributed by atoms with E-state index in [1.807, 2.05) is 38.1 Å². The Kier molecular flexibility index (Phi) is 3.67. The number of rotatable bonds is 4. The molecule has 0 radical (unpaired) electrons. The van der Waals surface area contributed by atoms with Crippen molar-refractivity contribution < 1.29 is 9.47 Å². The standard InChI is InChI=1S/C13H19NO2/c1-10(2)15-11-3-5-12(6-4-11)16-13-7-8-14-9-13/h3-6,10,13-14H,7-9H2,1-2H3. The molecule has 1 aliphatic rings. The normalized spacial score (nSPS) is 20.1. The van der Waals surface area contributed by atoms with Gasteiger partial charge in [0.05, 0.1) is 6.10 Å². The molecule has 1 atom stereocenters. The molecular weight excluding hydrogens is 202 g/mol. The van der Waals surface area contributed by atoms with Crippen molar-refractivity contribution in [2.75, 3.05) is 13.1 Å². The topological polar surface area (TPSA) is 30.5 Å². The van der Waals surface area contributed by atoms with E-state index in [9.17, 15) is 0 Å². The Morgan fingerprint density at radius 3 is 2.44 bits per heavy atom. The van der Waals surface area contributed by atoms with Gasteiger partial charge in [0.15, 0.2) is 0 Å². The maximum atomic E-state index is 5.82. The lowest BCUT2D eigenvalue weighted by molar-refractivity contribution is 0.220. The molecule has 0 aliphatic carbocycles. The van der Waals surface area contributed by atoms with E-state index in [1.165, 1.54) is 0 Å². The third kappa shape index (κ3) is 3.14. The van der Waals surface area contributed by atoms with Crippen molar-refractivity contribution in [3.63, 3.8) is 0 Å². The van der Waals surface area contributed by atoms with E-state index in [4.69, 9.17) is 9.47 Å². The Morgan fingerprint density at radius 1 is 1.19 bits per heavy atom. The summed E-state index contributed by atoms with van der Waals surface area (Å²) in [6, 6.07) is 7.85. The van der Waals surface area contributed by atoms with Crippen LogP contribution in [0.3, 0.4) is 0 Å². The molecule has 0 saturated carbocycles. The highest BCUT2D eigenvalue weighted by Gasteiger charge is 2.15. The largest absolute Gasteiger partial charge is 0.491 e. The van der Waals surface area contributed by atoms with Crippen molar-refractivity contribution in [1.82, 2.24) is 5.32 Å². The van der Waals surface area contributed by atoms with E-state index in [2.05, 4.69) is 5.32 Å². The molecule has 1 saturated heterocycles. The Bertz CT molecular complexity index is 315. The minimum atomic E-state index is 0.214. The summed E-state index contributed by atoms with van der Waals surface area (Å²) in [5.41, 5.74) is 0. The summed E-state index contributed by atoms with van der Waals surface area (Å²) in [5, 5.41) is 3.28. The molecule has 0 spiro atoms. The average Bonchev–Trinajstić information content (AvgIpc) is 2.73. The van der Waals surface area contributed by atoms with Crippen LogP contribution >= 0.6 is 0 Å². The third-order valence-electron chi connectivity index (χ3n) is 2.51. The monoisotopic (exact) mass is 221 g/mol. The summed E-state index contributed by atoms with van der Waals surface area (Å²) in [6.45, 7) is 6.05. The predicted octanol–water partition coefficient (Wildman–Crippen LogP) is 2.21. The molecule has 1 N–H and O–H groups in total. The van der Waals surface area contributed by atoms with Gasteiger partial charge in [0, 0.05) is 6.54 Å². The molecule has 0 aromatic heterocycles. The zero-order valence-electron chi connectivity index (χ0n) is 9.90. The van der Waals surface area contributed by atoms with Gasteiger partial charge in [0.1, 0.15) is 17.6 Å². The molecule has 0 bridgehead atoms. The number of ether oxygens (including phenoxy) is 2. The maximum Gasteiger partial charge on any atom is 0.120 e. The molecule has 1 heterocycles. The van der Waals surface area contributed by atoms with E-state index in [0.717, 1.165) is 31.0 Å². The first-order valence-electron chi connectivity index (χ1n) is 5.88. The smallest absolute Gasteiger partial charge is 0.120 e. The van der Waals surface area contributed by atoms with Crippen molar-refractivity contribution in [2.45, 2.75) is 32.5 Å². The molecule has 3 heteroatoms. The lowest BCUT2D eigenvalue weighted by Gasteiger charge is -2.14. The summed E-state index contributed by atoms with van der Waals surface area (Å²) in [4.78, 5) is 0. The Morgan fingerprint density at radius 2 is 1.88 bits per heavy atom. The van der Waals surface area contributed by atoms with Crippen molar-refractivity contribution >= 4 is 0 Å². The second-order valence-corrected chi connectivity index (χ2v) is 4.37. The van der Waals surface area contributed by atoms with Crippen molar-refractivity contribution in [3.8, 4) is 11.5 Å². The zero-order valence-corrected chi connectivity index (χ0v) is 9.90. The van der Waals surface area contributed by atoms with Crippen LogP contribution in [0.25, 0.3) is 0 Å². The van der Waals surface area contributed by atoms with E-state index < -0.39 is 0 Å². The first-order chi connectivity index (χ1) is 7.74. The van der Waals surface area contributed by atoms with Gasteiger partial charge in [0.2, 0.25) is 0 Å². The maximum absolute atomic E-state index is 5.82. The molecular formula is C13H19NO2. The van der Waals surface area contributed by atoms with Crippen LogP contribution in [0.15, 0.2) is 24.3 Å². The van der Waals surface area contributed by atoms with E-state index in [-0.39, 0.29) is 6.10 Å². The highest BCUT2D eigenvalue weighted by atomic mass is 16.5. The van der Waals surface area contributed by atoms with Gasteiger partial charge < -0.3 is 14.8 Å². The van der Waals surface area contributed by atoms with Gasteiger partial charge in [-0.15, -0.1) is 0 Å². The lowest BCUT2D eigenvalue weighted by atomic mass is 10.3. The summed E-state index contributed by atoms with van der Waals surface area (Å²) in [6.07, 6.45) is 1.62. The van der Waals surface area contributed by atoms with Gasteiger partial charge in [-0.1, -0.05) is 0 Å². The zero-order chi connectivity index (χ0) is 11.4. The second kappa shape index (κ2) is 5.21. The Hall–Kier alpha value is -1.22. The molecule has 1 aliphatic heterocycles. The summed E-state index contributed by atoms with van der Waals surface area (Å²) in [7, 11) is 0. The molecule has 1 fully saturated rings. The molecule has 2 rings (SSSR count). The van der Waals surface area contributed by atoms with Crippen LogP contribution in [0.5, 0.6) is 11.5 Å². The molecule has 1 aromatic carbocycles. The van der Waals surface area contributed by atoms with Gasteiger partial charge in [0.25, 0.3) is 0 Å². The van der Waals surface area contributed by atoms with Crippen molar-refractivity contribution in [2.24, 2.45) is 0 Å². The van der Waals surface area contributed by atoms with Crippen LogP contribution in [0.4, 0.5) is 0 Å². The van der Waals surface area contributed by atoms with E-state index >= 15 is 0 Å². The fourth-order valence-corrected chi connectivity index (χ4v) is 1.79. The molecule has 16 heavy (non-hydrogen) atoms. The highest BCUT2D eigenvalue weighted by Crippen LogP contribution is 2.20. The summed E-state index contributed by atoms with van der Waals surface area (Å²) < 4.78 is 11.4. The molecule has 88 valence electrons. The predicted molar refractivity (Wildman–Crippen MR) is 64.1 cm³/mol. The number of hydrogen-bond donors (Lipinski definition) is 1.